The van der Waals surface area contributed by atoms with Crippen LogP contribution in [0.1, 0.15) is 61.8 Å². The van der Waals surface area contributed by atoms with Gasteiger partial charge in [0.1, 0.15) is 18.6 Å². The molecule has 3 unspecified atom stereocenters. The Bertz CT molecular complexity index is 1550. The van der Waals surface area contributed by atoms with Crippen molar-refractivity contribution in [3.63, 3.8) is 0 Å². The van der Waals surface area contributed by atoms with Gasteiger partial charge in [-0.05, 0) is 56.5 Å². The number of carbonyl (C=O) groups excluding carboxylic acids is 2. The molecule has 0 N–H and O–H groups in total. The number of carbonyl (C=O) groups is 2. The van der Waals surface area contributed by atoms with Crippen molar-refractivity contribution in [2.24, 2.45) is 10.9 Å². The van der Waals surface area contributed by atoms with Gasteiger partial charge in [0.05, 0.1) is 10.5 Å². The molecule has 0 spiro atoms. The maximum absolute atomic E-state index is 14.2. The lowest BCUT2D eigenvalue weighted by atomic mass is 9.75. The molecule has 3 aromatic rings. The van der Waals surface area contributed by atoms with E-state index >= 15 is 0 Å². The van der Waals surface area contributed by atoms with E-state index in [9.17, 15) is 19.7 Å². The summed E-state index contributed by atoms with van der Waals surface area (Å²) in [5.41, 5.74) is 3.03. The van der Waals surface area contributed by atoms with E-state index in [2.05, 4.69) is 9.89 Å². The average molecular weight is 596 g/mol. The Morgan fingerprint density at radius 1 is 0.955 bits per heavy atom. The topological polar surface area (TPSA) is 111 Å². The highest BCUT2D eigenvalue weighted by Gasteiger charge is 2.43. The number of aliphatic imine (C=N–C) groups is 1. The Morgan fingerprint density at radius 3 is 2.32 bits per heavy atom. The van der Waals surface area contributed by atoms with Crippen LogP contribution in [0.4, 0.5) is 5.69 Å². The first-order chi connectivity index (χ1) is 21.3. The Labute approximate surface area is 257 Å². The van der Waals surface area contributed by atoms with Crippen LogP contribution in [0.5, 0.6) is 0 Å². The van der Waals surface area contributed by atoms with Crippen LogP contribution in [-0.4, -0.2) is 47.1 Å². The number of likely N-dealkylation sites (tertiary alicyclic amines) is 1. The first kappa shape index (κ1) is 30.8. The molecule has 9 heteroatoms. The van der Waals surface area contributed by atoms with Crippen LogP contribution < -0.4 is 0 Å². The van der Waals surface area contributed by atoms with E-state index in [0.29, 0.717) is 23.5 Å². The second kappa shape index (κ2) is 14.2. The van der Waals surface area contributed by atoms with Crippen LogP contribution in [0, 0.1) is 16.0 Å². The SMILES string of the molecule is CC1=NC(C)=C(C(=O)OC(CN2CCCCC2)c2ccccc2)C(c2cccc([N+](=O)[O-])c2)C1C(=O)OCc1ccccc1. The van der Waals surface area contributed by atoms with E-state index in [1.807, 2.05) is 60.7 Å². The molecule has 0 aromatic heterocycles. The number of piperidine rings is 1. The normalized spacial score (nSPS) is 19.5. The van der Waals surface area contributed by atoms with Crippen molar-refractivity contribution in [2.75, 3.05) is 19.6 Å². The van der Waals surface area contributed by atoms with Crippen LogP contribution >= 0.6 is 0 Å². The highest BCUT2D eigenvalue weighted by Crippen LogP contribution is 2.42. The summed E-state index contributed by atoms with van der Waals surface area (Å²) in [6.45, 7) is 5.86. The summed E-state index contributed by atoms with van der Waals surface area (Å²) < 4.78 is 12.0. The van der Waals surface area contributed by atoms with Crippen molar-refractivity contribution < 1.29 is 24.0 Å². The monoisotopic (exact) mass is 595 g/mol. The van der Waals surface area contributed by atoms with Crippen LogP contribution in [0.25, 0.3) is 0 Å². The maximum atomic E-state index is 14.2. The van der Waals surface area contributed by atoms with Crippen molar-refractivity contribution >= 4 is 23.3 Å². The van der Waals surface area contributed by atoms with Crippen LogP contribution in [0.3, 0.4) is 0 Å². The predicted molar refractivity (Wildman–Crippen MR) is 167 cm³/mol. The van der Waals surface area contributed by atoms with Crippen LogP contribution in [0.2, 0.25) is 0 Å². The van der Waals surface area contributed by atoms with Gasteiger partial charge in [-0.3, -0.25) is 24.8 Å². The van der Waals surface area contributed by atoms with Gasteiger partial charge in [0.2, 0.25) is 0 Å². The summed E-state index contributed by atoms with van der Waals surface area (Å²) in [7, 11) is 0. The first-order valence-electron chi connectivity index (χ1n) is 15.0. The van der Waals surface area contributed by atoms with Gasteiger partial charge in [0.15, 0.2) is 0 Å². The predicted octanol–water partition coefficient (Wildman–Crippen LogP) is 6.56. The fourth-order valence-electron chi connectivity index (χ4n) is 6.07. The number of ether oxygens (including phenoxy) is 2. The number of hydrogen-bond donors (Lipinski definition) is 0. The number of allylic oxidation sites excluding steroid dienone is 1. The molecule has 5 rings (SSSR count). The number of rotatable bonds is 10. The van der Waals surface area contributed by atoms with E-state index in [4.69, 9.17) is 9.47 Å². The molecule has 3 aromatic carbocycles. The fraction of sp³-hybridized carbons (Fsp3) is 0.343. The van der Waals surface area contributed by atoms with Crippen molar-refractivity contribution in [2.45, 2.75) is 51.7 Å². The zero-order chi connectivity index (χ0) is 31.1. The molecule has 2 heterocycles. The minimum Gasteiger partial charge on any atom is -0.460 e. The highest BCUT2D eigenvalue weighted by molar-refractivity contribution is 6.07. The Hall–Kier alpha value is -4.63. The second-order valence-corrected chi connectivity index (χ2v) is 11.3. The zero-order valence-corrected chi connectivity index (χ0v) is 25.1. The van der Waals surface area contributed by atoms with Crippen LogP contribution in [0.15, 0.2) is 101 Å². The van der Waals surface area contributed by atoms with E-state index in [1.165, 1.54) is 18.6 Å². The smallest absolute Gasteiger partial charge is 0.337 e. The third-order valence-electron chi connectivity index (χ3n) is 8.26. The van der Waals surface area contributed by atoms with E-state index in [1.54, 1.807) is 26.0 Å². The standard InChI is InChI=1S/C35H37N3O6/c1-24-31(34(39)43-23-26-13-6-3-7-14-26)33(28-17-12-18-29(21-28)38(41)42)32(25(2)36-24)35(40)44-30(27-15-8-4-9-16-27)22-37-19-10-5-11-20-37/h3-4,6-9,12-18,21,30-31,33H,5,10-11,19-20,22-23H2,1-2H3. The number of non-ortho nitro benzene ring substituents is 1. The summed E-state index contributed by atoms with van der Waals surface area (Å²) in [6, 6.07) is 25.0. The molecule has 0 radical (unpaired) electrons. The van der Waals surface area contributed by atoms with Gasteiger partial charge in [-0.2, -0.15) is 0 Å². The lowest BCUT2D eigenvalue weighted by Gasteiger charge is -2.34. The molecular weight excluding hydrogens is 558 g/mol. The third kappa shape index (κ3) is 7.29. The largest absolute Gasteiger partial charge is 0.460 e. The Morgan fingerprint density at radius 2 is 1.64 bits per heavy atom. The van der Waals surface area contributed by atoms with Gasteiger partial charge in [-0.1, -0.05) is 79.2 Å². The van der Waals surface area contributed by atoms with E-state index in [0.717, 1.165) is 37.1 Å². The van der Waals surface area contributed by atoms with Crippen molar-refractivity contribution in [1.82, 2.24) is 4.90 Å². The molecule has 2 aliphatic rings. The molecule has 1 saturated heterocycles. The highest BCUT2D eigenvalue weighted by atomic mass is 16.6. The number of benzene rings is 3. The van der Waals surface area contributed by atoms with Crippen molar-refractivity contribution in [3.05, 3.63) is 123 Å². The summed E-state index contributed by atoms with van der Waals surface area (Å²) in [4.78, 5) is 46.1. The lowest BCUT2D eigenvalue weighted by Crippen LogP contribution is -2.38. The number of nitrogens with zero attached hydrogens (tertiary/aromatic N) is 3. The average Bonchev–Trinajstić information content (AvgIpc) is 3.04. The summed E-state index contributed by atoms with van der Waals surface area (Å²) in [6.07, 6.45) is 2.82. The molecule has 1 fully saturated rings. The van der Waals surface area contributed by atoms with Crippen molar-refractivity contribution in [1.29, 1.82) is 0 Å². The first-order valence-corrected chi connectivity index (χ1v) is 15.0. The molecule has 0 saturated carbocycles. The maximum Gasteiger partial charge on any atom is 0.337 e. The summed E-state index contributed by atoms with van der Waals surface area (Å²) >= 11 is 0. The number of hydrogen-bond acceptors (Lipinski definition) is 8. The minimum absolute atomic E-state index is 0.0412. The Balaban J connectivity index is 1.50. The van der Waals surface area contributed by atoms with Gasteiger partial charge < -0.3 is 9.47 Å². The molecule has 3 atom stereocenters. The van der Waals surface area contributed by atoms with Gasteiger partial charge in [-0.15, -0.1) is 0 Å². The molecule has 2 aliphatic heterocycles. The molecule has 228 valence electrons. The number of nitro benzene ring substituents is 1. The molecule has 0 aliphatic carbocycles. The van der Waals surface area contributed by atoms with E-state index in [-0.39, 0.29) is 17.9 Å². The van der Waals surface area contributed by atoms with E-state index < -0.39 is 34.8 Å². The summed E-state index contributed by atoms with van der Waals surface area (Å²) in [5, 5.41) is 11.7. The lowest BCUT2D eigenvalue weighted by molar-refractivity contribution is -0.384. The molecular formula is C35H37N3O6. The van der Waals surface area contributed by atoms with Gasteiger partial charge in [0, 0.05) is 36.0 Å². The minimum atomic E-state index is -0.982. The van der Waals surface area contributed by atoms with Gasteiger partial charge in [0.25, 0.3) is 5.69 Å². The van der Waals surface area contributed by atoms with Gasteiger partial charge >= 0.3 is 11.9 Å². The molecule has 0 amide bonds. The molecule has 44 heavy (non-hydrogen) atoms. The van der Waals surface area contributed by atoms with Crippen LogP contribution in [-0.2, 0) is 25.7 Å². The third-order valence-corrected chi connectivity index (χ3v) is 8.26. The van der Waals surface area contributed by atoms with Crippen molar-refractivity contribution in [3.8, 4) is 0 Å². The number of esters is 2. The van der Waals surface area contributed by atoms with Gasteiger partial charge in [-0.25, -0.2) is 4.79 Å². The summed E-state index contributed by atoms with van der Waals surface area (Å²) in [5.74, 6) is -3.06. The fourth-order valence-corrected chi connectivity index (χ4v) is 6.07. The number of nitro groups is 1. The zero-order valence-electron chi connectivity index (χ0n) is 25.1. The second-order valence-electron chi connectivity index (χ2n) is 11.3. The quantitative estimate of drug-likeness (QED) is 0.148. The molecule has 9 nitrogen and oxygen atoms in total. The Kier molecular flexibility index (Phi) is 9.96. The molecule has 0 bridgehead atoms.